The van der Waals surface area contributed by atoms with Crippen LogP contribution in [0.25, 0.3) is 0 Å². The van der Waals surface area contributed by atoms with Crippen LogP contribution in [-0.4, -0.2) is 72.1 Å². The smallest absolute Gasteiger partial charge is 0.411 e. The Morgan fingerprint density at radius 1 is 1.10 bits per heavy atom. The number of carbonyl (C=O) groups excluding carboxylic acids is 2. The molecular formula is C30H37F2N5O3. The van der Waals surface area contributed by atoms with E-state index in [0.29, 0.717) is 50.5 Å². The predicted octanol–water partition coefficient (Wildman–Crippen LogP) is 3.91. The van der Waals surface area contributed by atoms with E-state index in [1.807, 2.05) is 4.90 Å². The van der Waals surface area contributed by atoms with Gasteiger partial charge in [-0.05, 0) is 67.0 Å². The maximum absolute atomic E-state index is 13.7. The van der Waals surface area contributed by atoms with Crippen molar-refractivity contribution in [3.63, 3.8) is 0 Å². The highest BCUT2D eigenvalue weighted by Gasteiger charge is 2.42. The summed E-state index contributed by atoms with van der Waals surface area (Å²) in [6, 6.07) is 5.76. The normalized spacial score (nSPS) is 24.1. The highest BCUT2D eigenvalue weighted by atomic mass is 19.1. The Morgan fingerprint density at radius 3 is 2.42 bits per heavy atom. The summed E-state index contributed by atoms with van der Waals surface area (Å²) in [6.45, 7) is 5.60. The van der Waals surface area contributed by atoms with Crippen molar-refractivity contribution in [2.45, 2.75) is 37.4 Å². The van der Waals surface area contributed by atoms with Gasteiger partial charge in [0.2, 0.25) is 5.91 Å². The van der Waals surface area contributed by atoms with Crippen LogP contribution < -0.4 is 11.5 Å². The van der Waals surface area contributed by atoms with Gasteiger partial charge >= 0.3 is 6.09 Å². The monoisotopic (exact) mass is 553 g/mol. The summed E-state index contributed by atoms with van der Waals surface area (Å²) in [5, 5.41) is 0. The second-order valence-corrected chi connectivity index (χ2v) is 10.4. The molecule has 214 valence electrons. The topological polar surface area (TPSA) is 105 Å². The highest BCUT2D eigenvalue weighted by Crippen LogP contribution is 2.34. The molecule has 2 heterocycles. The summed E-state index contributed by atoms with van der Waals surface area (Å²) in [4.78, 5) is 32.0. The van der Waals surface area contributed by atoms with Crippen LogP contribution >= 0.6 is 0 Å². The average Bonchev–Trinajstić information content (AvgIpc) is 3.42. The third-order valence-corrected chi connectivity index (χ3v) is 7.79. The molecule has 3 aliphatic rings. The molecule has 1 aromatic carbocycles. The molecule has 0 aromatic heterocycles. The SMILES string of the molecule is C=C/C(N)=C\C=C(/N)N1CCC(C(=O)N2CC(N(C)C(=O)OC3=CCC(F)C=C3)[C@@H](c3ccc(F)cc3)C2)CC1. The molecule has 0 spiro atoms. The van der Waals surface area contributed by atoms with Crippen molar-refractivity contribution < 1.29 is 23.1 Å². The Balaban J connectivity index is 1.44. The quantitative estimate of drug-likeness (QED) is 0.496. The van der Waals surface area contributed by atoms with Crippen LogP contribution in [0.4, 0.5) is 13.6 Å². The number of nitrogens with two attached hydrogens (primary N) is 2. The molecule has 1 aliphatic carbocycles. The fourth-order valence-electron chi connectivity index (χ4n) is 5.35. The first-order valence-corrected chi connectivity index (χ1v) is 13.5. The number of rotatable bonds is 7. The first kappa shape index (κ1) is 28.9. The molecule has 0 radical (unpaired) electrons. The number of benzene rings is 1. The van der Waals surface area contributed by atoms with Gasteiger partial charge < -0.3 is 30.9 Å². The number of amides is 2. The van der Waals surface area contributed by atoms with Crippen molar-refractivity contribution in [3.05, 3.63) is 96.0 Å². The Kier molecular flexibility index (Phi) is 9.29. The molecule has 3 atom stereocenters. The van der Waals surface area contributed by atoms with Gasteiger partial charge in [-0.25, -0.2) is 13.6 Å². The Labute approximate surface area is 233 Å². The van der Waals surface area contributed by atoms with E-state index in [4.69, 9.17) is 16.2 Å². The van der Waals surface area contributed by atoms with Crippen molar-refractivity contribution in [3.8, 4) is 0 Å². The van der Waals surface area contributed by atoms with Gasteiger partial charge in [-0.2, -0.15) is 0 Å². The number of nitrogens with zero attached hydrogens (tertiary/aromatic N) is 3. The van der Waals surface area contributed by atoms with E-state index in [1.165, 1.54) is 35.3 Å². The number of allylic oxidation sites excluding steroid dienone is 6. The summed E-state index contributed by atoms with van der Waals surface area (Å²) in [6.07, 6.45) is 9.05. The van der Waals surface area contributed by atoms with Crippen LogP contribution in [0.15, 0.2) is 84.6 Å². The number of halogens is 2. The molecule has 2 fully saturated rings. The maximum Gasteiger partial charge on any atom is 0.415 e. The van der Waals surface area contributed by atoms with Crippen molar-refractivity contribution >= 4 is 12.0 Å². The Bertz CT molecular complexity index is 1220. The summed E-state index contributed by atoms with van der Waals surface area (Å²) in [5.41, 5.74) is 13.3. The third-order valence-electron chi connectivity index (χ3n) is 7.79. The van der Waals surface area contributed by atoms with Crippen molar-refractivity contribution in [2.75, 3.05) is 33.2 Å². The largest absolute Gasteiger partial charge is 0.415 e. The lowest BCUT2D eigenvalue weighted by molar-refractivity contribution is -0.136. The van der Waals surface area contributed by atoms with E-state index < -0.39 is 12.3 Å². The maximum atomic E-state index is 13.7. The fraction of sp³-hybridized carbons (Fsp3) is 0.400. The van der Waals surface area contributed by atoms with Crippen LogP contribution in [0.5, 0.6) is 0 Å². The van der Waals surface area contributed by atoms with Gasteiger partial charge in [0, 0.05) is 57.2 Å². The molecule has 2 aliphatic heterocycles. The zero-order valence-electron chi connectivity index (χ0n) is 22.7. The standard InChI is InChI=1S/C30H37F2N5O3/c1-3-24(33)10-13-28(34)36-16-14-21(15-17-36)29(38)37-18-26(20-4-6-22(31)7-5-20)27(19-37)35(2)30(39)40-25-11-8-23(32)9-12-25/h3-8,10-13,21,23,26-27H,1,9,14-19,33-34H2,2H3/b24-10+,28-13+/t23?,26-,27?/m1/s1. The molecule has 0 saturated carbocycles. The molecule has 10 heteroatoms. The van der Waals surface area contributed by atoms with E-state index in [-0.39, 0.29) is 41.8 Å². The molecule has 4 rings (SSSR count). The van der Waals surface area contributed by atoms with Crippen LogP contribution in [0.2, 0.25) is 0 Å². The van der Waals surface area contributed by atoms with E-state index in [1.54, 1.807) is 42.3 Å². The molecule has 2 unspecified atom stereocenters. The fourth-order valence-corrected chi connectivity index (χ4v) is 5.35. The molecule has 1 aromatic rings. The van der Waals surface area contributed by atoms with Gasteiger partial charge in [0.05, 0.1) is 11.9 Å². The number of alkyl halides is 1. The first-order valence-electron chi connectivity index (χ1n) is 13.5. The van der Waals surface area contributed by atoms with Crippen LogP contribution in [0.1, 0.15) is 30.7 Å². The number of likely N-dealkylation sites (tertiary alicyclic amines) is 2. The molecule has 40 heavy (non-hydrogen) atoms. The van der Waals surface area contributed by atoms with Gasteiger partial charge in [-0.15, -0.1) is 0 Å². The molecular weight excluding hydrogens is 516 g/mol. The Hall–Kier alpha value is -4.08. The lowest BCUT2D eigenvalue weighted by Crippen LogP contribution is -2.44. The van der Waals surface area contributed by atoms with E-state index in [9.17, 15) is 18.4 Å². The molecule has 2 amide bonds. The third kappa shape index (κ3) is 6.91. The van der Waals surface area contributed by atoms with Crippen molar-refractivity contribution in [1.29, 1.82) is 0 Å². The summed E-state index contributed by atoms with van der Waals surface area (Å²) in [5.74, 6) is 0.143. The molecule has 4 N–H and O–H groups in total. The number of piperidine rings is 1. The minimum atomic E-state index is -1.09. The second-order valence-electron chi connectivity index (χ2n) is 10.4. The molecule has 8 nitrogen and oxygen atoms in total. The summed E-state index contributed by atoms with van der Waals surface area (Å²) < 4.78 is 32.6. The van der Waals surface area contributed by atoms with Gasteiger partial charge in [0.15, 0.2) is 0 Å². The van der Waals surface area contributed by atoms with Gasteiger partial charge in [0.1, 0.15) is 17.7 Å². The van der Waals surface area contributed by atoms with Crippen LogP contribution in [-0.2, 0) is 9.53 Å². The molecule has 0 bridgehead atoms. The molecule has 2 saturated heterocycles. The van der Waals surface area contributed by atoms with E-state index in [2.05, 4.69) is 6.58 Å². The number of hydrogen-bond donors (Lipinski definition) is 2. The van der Waals surface area contributed by atoms with E-state index >= 15 is 0 Å². The van der Waals surface area contributed by atoms with E-state index in [0.717, 1.165) is 5.56 Å². The van der Waals surface area contributed by atoms with Gasteiger partial charge in [0.25, 0.3) is 0 Å². The lowest BCUT2D eigenvalue weighted by atomic mass is 9.93. The average molecular weight is 554 g/mol. The minimum absolute atomic E-state index is 0.0290. The van der Waals surface area contributed by atoms with Crippen molar-refractivity contribution in [1.82, 2.24) is 14.7 Å². The highest BCUT2D eigenvalue weighted by molar-refractivity contribution is 5.80. The first-order chi connectivity index (χ1) is 19.2. The Morgan fingerprint density at radius 2 is 1.80 bits per heavy atom. The number of ether oxygens (including phenoxy) is 1. The number of likely N-dealkylation sites (N-methyl/N-ethyl adjacent to an activating group) is 1. The van der Waals surface area contributed by atoms with Crippen molar-refractivity contribution in [2.24, 2.45) is 17.4 Å². The van der Waals surface area contributed by atoms with Crippen LogP contribution in [0.3, 0.4) is 0 Å². The predicted molar refractivity (Wildman–Crippen MR) is 150 cm³/mol. The van der Waals surface area contributed by atoms with Gasteiger partial charge in [-0.3, -0.25) is 4.79 Å². The lowest BCUT2D eigenvalue weighted by Gasteiger charge is -2.34. The minimum Gasteiger partial charge on any atom is -0.411 e. The second kappa shape index (κ2) is 12.8. The zero-order valence-corrected chi connectivity index (χ0v) is 22.7. The summed E-state index contributed by atoms with van der Waals surface area (Å²) in [7, 11) is 1.63. The van der Waals surface area contributed by atoms with Gasteiger partial charge in [-0.1, -0.05) is 18.7 Å². The zero-order chi connectivity index (χ0) is 28.8. The number of carbonyl (C=O) groups is 2. The number of hydrogen-bond acceptors (Lipinski definition) is 6. The van der Waals surface area contributed by atoms with Crippen LogP contribution in [0, 0.1) is 11.7 Å². The summed E-state index contributed by atoms with van der Waals surface area (Å²) >= 11 is 0.